The van der Waals surface area contributed by atoms with Crippen LogP contribution < -0.4 is 4.90 Å². The fraction of sp³-hybridized carbons (Fsp3) is 0.375. The summed E-state index contributed by atoms with van der Waals surface area (Å²) in [5, 5.41) is 9.96. The first-order valence-corrected chi connectivity index (χ1v) is 6.48. The van der Waals surface area contributed by atoms with Crippen molar-refractivity contribution in [1.29, 1.82) is 5.26 Å². The van der Waals surface area contributed by atoms with E-state index in [0.29, 0.717) is 6.42 Å². The topological polar surface area (TPSA) is 39.9 Å². The van der Waals surface area contributed by atoms with Crippen LogP contribution in [-0.4, -0.2) is 19.1 Å². The van der Waals surface area contributed by atoms with Gasteiger partial charge >= 0.3 is 0 Å². The van der Waals surface area contributed by atoms with Crippen LogP contribution in [0.1, 0.15) is 23.1 Å². The summed E-state index contributed by atoms with van der Waals surface area (Å²) in [5.41, 5.74) is 4.64. The first-order valence-electron chi connectivity index (χ1n) is 6.48. The van der Waals surface area contributed by atoms with Gasteiger partial charge in [-0.2, -0.15) is 5.26 Å². The number of rotatable bonds is 3. The fourth-order valence-corrected chi connectivity index (χ4v) is 2.42. The largest absolute Gasteiger partial charge is 0.362 e. The number of hydrogen-bond donors (Lipinski definition) is 0. The summed E-state index contributed by atoms with van der Waals surface area (Å²) in [7, 11) is 3.99. The minimum atomic E-state index is 0.527. The molecule has 2 aromatic rings. The highest BCUT2D eigenvalue weighted by Crippen LogP contribution is 2.26. The molecule has 0 saturated heterocycles. The molecular formula is C16H19N3. The summed E-state index contributed by atoms with van der Waals surface area (Å²) >= 11 is 0. The predicted octanol–water partition coefficient (Wildman–Crippen LogP) is 3.37. The molecule has 0 saturated carbocycles. The lowest BCUT2D eigenvalue weighted by atomic mass is 10.0. The molecule has 19 heavy (non-hydrogen) atoms. The number of fused-ring (bicyclic) bond motifs is 1. The van der Waals surface area contributed by atoms with Crippen LogP contribution in [0, 0.1) is 25.2 Å². The number of nitriles is 1. The van der Waals surface area contributed by atoms with Crippen molar-refractivity contribution in [3.8, 4) is 6.07 Å². The monoisotopic (exact) mass is 253 g/mol. The van der Waals surface area contributed by atoms with Crippen LogP contribution in [0.2, 0.25) is 0 Å². The first kappa shape index (κ1) is 13.4. The third-order valence-electron chi connectivity index (χ3n) is 3.27. The Bertz CT molecular complexity index is 651. The fourth-order valence-electron chi connectivity index (χ4n) is 2.42. The zero-order valence-electron chi connectivity index (χ0n) is 12.0. The van der Waals surface area contributed by atoms with E-state index in [1.165, 1.54) is 16.5 Å². The molecule has 1 heterocycles. The Hall–Kier alpha value is -2.08. The standard InChI is InChI=1S/C16H19N3/c1-11-8-12(2)14-10-13(6-5-7-17)16(19(3)4)18-15(14)9-11/h8-10H,5-6H2,1-4H3. The number of benzene rings is 1. The zero-order valence-corrected chi connectivity index (χ0v) is 12.0. The van der Waals surface area contributed by atoms with Crippen LogP contribution in [-0.2, 0) is 6.42 Å². The van der Waals surface area contributed by atoms with E-state index in [-0.39, 0.29) is 0 Å². The molecular weight excluding hydrogens is 234 g/mol. The van der Waals surface area contributed by atoms with Crippen molar-refractivity contribution < 1.29 is 0 Å². The van der Waals surface area contributed by atoms with E-state index < -0.39 is 0 Å². The van der Waals surface area contributed by atoms with Gasteiger partial charge in [-0.25, -0.2) is 4.98 Å². The van der Waals surface area contributed by atoms with Gasteiger partial charge in [-0.05, 0) is 49.1 Å². The van der Waals surface area contributed by atoms with Crippen LogP contribution >= 0.6 is 0 Å². The molecule has 0 unspecified atom stereocenters. The molecule has 3 nitrogen and oxygen atoms in total. The van der Waals surface area contributed by atoms with Gasteiger partial charge in [0.2, 0.25) is 0 Å². The van der Waals surface area contributed by atoms with Crippen LogP contribution in [0.25, 0.3) is 10.9 Å². The highest BCUT2D eigenvalue weighted by molar-refractivity contribution is 5.85. The Morgan fingerprint density at radius 3 is 2.58 bits per heavy atom. The molecule has 3 heteroatoms. The Morgan fingerprint density at radius 2 is 1.95 bits per heavy atom. The van der Waals surface area contributed by atoms with E-state index in [9.17, 15) is 0 Å². The number of hydrogen-bond acceptors (Lipinski definition) is 3. The van der Waals surface area contributed by atoms with Gasteiger partial charge in [0.25, 0.3) is 0 Å². The number of nitrogens with zero attached hydrogens (tertiary/aromatic N) is 3. The highest BCUT2D eigenvalue weighted by Gasteiger charge is 2.10. The SMILES string of the molecule is Cc1cc(C)c2cc(CCC#N)c(N(C)C)nc2c1. The average molecular weight is 253 g/mol. The summed E-state index contributed by atoms with van der Waals surface area (Å²) in [5.74, 6) is 0.966. The molecule has 98 valence electrons. The molecule has 0 N–H and O–H groups in total. The molecule has 0 bridgehead atoms. The van der Waals surface area contributed by atoms with Gasteiger partial charge in [-0.3, -0.25) is 0 Å². The lowest BCUT2D eigenvalue weighted by Crippen LogP contribution is -2.13. The normalized spacial score (nSPS) is 10.5. The van der Waals surface area contributed by atoms with Gasteiger partial charge in [0.05, 0.1) is 11.6 Å². The number of pyridine rings is 1. The summed E-state index contributed by atoms with van der Waals surface area (Å²) < 4.78 is 0. The van der Waals surface area contributed by atoms with Gasteiger partial charge in [0.15, 0.2) is 0 Å². The van der Waals surface area contributed by atoms with Crippen molar-refractivity contribution in [2.24, 2.45) is 0 Å². The predicted molar refractivity (Wildman–Crippen MR) is 79.5 cm³/mol. The Kier molecular flexibility index (Phi) is 3.71. The first-order chi connectivity index (χ1) is 9.02. The van der Waals surface area contributed by atoms with Crippen LogP contribution in [0.3, 0.4) is 0 Å². The van der Waals surface area contributed by atoms with E-state index in [2.05, 4.69) is 38.1 Å². The summed E-state index contributed by atoms with van der Waals surface area (Å²) in [6.45, 7) is 4.20. The third-order valence-corrected chi connectivity index (χ3v) is 3.27. The Labute approximate surface area is 114 Å². The second kappa shape index (κ2) is 5.27. The minimum absolute atomic E-state index is 0.527. The Balaban J connectivity index is 2.66. The van der Waals surface area contributed by atoms with Crippen LogP contribution in [0.15, 0.2) is 18.2 Å². The van der Waals surface area contributed by atoms with Crippen molar-refractivity contribution in [1.82, 2.24) is 4.98 Å². The van der Waals surface area contributed by atoms with Crippen molar-refractivity contribution in [2.75, 3.05) is 19.0 Å². The number of aromatic nitrogens is 1. The molecule has 1 aromatic carbocycles. The molecule has 1 aromatic heterocycles. The van der Waals surface area contributed by atoms with E-state index in [0.717, 1.165) is 23.3 Å². The summed E-state index contributed by atoms with van der Waals surface area (Å²) in [4.78, 5) is 6.78. The quantitative estimate of drug-likeness (QED) is 0.842. The molecule has 0 amide bonds. The smallest absolute Gasteiger partial charge is 0.132 e. The van der Waals surface area contributed by atoms with E-state index >= 15 is 0 Å². The highest BCUT2D eigenvalue weighted by atomic mass is 15.1. The van der Waals surface area contributed by atoms with Crippen molar-refractivity contribution in [3.05, 3.63) is 34.9 Å². The lowest BCUT2D eigenvalue weighted by Gasteiger charge is -2.17. The van der Waals surface area contributed by atoms with E-state index in [1.807, 2.05) is 19.0 Å². The number of anilines is 1. The zero-order chi connectivity index (χ0) is 14.0. The molecule has 0 aliphatic rings. The van der Waals surface area contributed by atoms with Crippen LogP contribution in [0.4, 0.5) is 5.82 Å². The number of aryl methyl sites for hydroxylation is 3. The molecule has 0 fully saturated rings. The maximum atomic E-state index is 8.78. The summed E-state index contributed by atoms with van der Waals surface area (Å²) in [6, 6.07) is 8.68. The lowest BCUT2D eigenvalue weighted by molar-refractivity contribution is 0.968. The van der Waals surface area contributed by atoms with Crippen molar-refractivity contribution >= 4 is 16.7 Å². The summed E-state index contributed by atoms with van der Waals surface area (Å²) in [6.07, 6.45) is 1.28. The second-order valence-corrected chi connectivity index (χ2v) is 5.17. The van der Waals surface area contributed by atoms with Gasteiger partial charge in [0, 0.05) is 25.9 Å². The average Bonchev–Trinajstić information content (AvgIpc) is 2.35. The van der Waals surface area contributed by atoms with Gasteiger partial charge in [0.1, 0.15) is 5.82 Å². The van der Waals surface area contributed by atoms with Crippen molar-refractivity contribution in [2.45, 2.75) is 26.7 Å². The molecule has 0 atom stereocenters. The third kappa shape index (κ3) is 2.68. The van der Waals surface area contributed by atoms with E-state index in [1.54, 1.807) is 0 Å². The van der Waals surface area contributed by atoms with E-state index in [4.69, 9.17) is 10.2 Å². The molecule has 0 radical (unpaired) electrons. The molecule has 2 rings (SSSR count). The second-order valence-electron chi connectivity index (χ2n) is 5.17. The minimum Gasteiger partial charge on any atom is -0.362 e. The molecule has 0 aliphatic carbocycles. The maximum Gasteiger partial charge on any atom is 0.132 e. The van der Waals surface area contributed by atoms with Gasteiger partial charge < -0.3 is 4.90 Å². The van der Waals surface area contributed by atoms with Gasteiger partial charge in [-0.15, -0.1) is 0 Å². The maximum absolute atomic E-state index is 8.78. The Morgan fingerprint density at radius 1 is 1.21 bits per heavy atom. The van der Waals surface area contributed by atoms with Crippen molar-refractivity contribution in [3.63, 3.8) is 0 Å². The van der Waals surface area contributed by atoms with Crippen LogP contribution in [0.5, 0.6) is 0 Å². The molecule has 0 spiro atoms. The van der Waals surface area contributed by atoms with Gasteiger partial charge in [-0.1, -0.05) is 6.07 Å². The molecule has 0 aliphatic heterocycles.